The Hall–Kier alpha value is -0.980. The number of methoxy groups -OCH3 is 1. The fourth-order valence-electron chi connectivity index (χ4n) is 1.86. The van der Waals surface area contributed by atoms with E-state index in [1.54, 1.807) is 7.11 Å². The number of hydrogen-bond donors (Lipinski definition) is 2. The van der Waals surface area contributed by atoms with Crippen molar-refractivity contribution in [3.8, 4) is 5.75 Å². The summed E-state index contributed by atoms with van der Waals surface area (Å²) in [6.07, 6.45) is 2.35. The molecular weight excluding hydrogens is 341 g/mol. The van der Waals surface area contributed by atoms with Crippen LogP contribution < -0.4 is 15.8 Å². The summed E-state index contributed by atoms with van der Waals surface area (Å²) in [6, 6.07) is 8.05. The lowest BCUT2D eigenvalue weighted by Gasteiger charge is -2.06. The zero-order chi connectivity index (χ0) is 12.3. The van der Waals surface area contributed by atoms with Crippen molar-refractivity contribution in [3.63, 3.8) is 0 Å². The molecule has 2 atom stereocenters. The minimum atomic E-state index is 0. The van der Waals surface area contributed by atoms with Gasteiger partial charge in [-0.2, -0.15) is 0 Å². The average molecular weight is 361 g/mol. The Morgan fingerprint density at radius 3 is 2.61 bits per heavy atom. The van der Waals surface area contributed by atoms with Crippen LogP contribution in [0.5, 0.6) is 5.75 Å². The molecule has 1 aliphatic carbocycles. The van der Waals surface area contributed by atoms with E-state index in [1.165, 1.54) is 12.8 Å². The molecule has 0 amide bonds. The second kappa shape index (κ2) is 6.82. The van der Waals surface area contributed by atoms with Crippen LogP contribution in [0, 0.1) is 5.92 Å². The fourth-order valence-corrected chi connectivity index (χ4v) is 1.86. The number of guanidine groups is 1. The molecule has 1 aromatic carbocycles. The van der Waals surface area contributed by atoms with Crippen molar-refractivity contribution in [2.45, 2.75) is 25.8 Å². The third kappa shape index (κ3) is 4.04. The highest BCUT2D eigenvalue weighted by Gasteiger charge is 2.35. The van der Waals surface area contributed by atoms with Gasteiger partial charge in [0.05, 0.1) is 13.2 Å². The Balaban J connectivity index is 0.00000162. The van der Waals surface area contributed by atoms with E-state index in [-0.39, 0.29) is 24.0 Å². The maximum absolute atomic E-state index is 5.84. The van der Waals surface area contributed by atoms with Crippen LogP contribution in [0.4, 0.5) is 5.69 Å². The second-order valence-electron chi connectivity index (χ2n) is 4.34. The largest absolute Gasteiger partial charge is 0.497 e. The quantitative estimate of drug-likeness (QED) is 0.493. The van der Waals surface area contributed by atoms with E-state index in [0.29, 0.717) is 12.0 Å². The normalized spacial score (nSPS) is 22.0. The highest BCUT2D eigenvalue weighted by atomic mass is 127. The Labute approximate surface area is 125 Å². The zero-order valence-electron chi connectivity index (χ0n) is 10.7. The van der Waals surface area contributed by atoms with Gasteiger partial charge in [-0.3, -0.25) is 0 Å². The number of ether oxygens (including phenoxy) is 1. The van der Waals surface area contributed by atoms with E-state index >= 15 is 0 Å². The predicted molar refractivity (Wildman–Crippen MR) is 85.8 cm³/mol. The van der Waals surface area contributed by atoms with E-state index in [2.05, 4.69) is 17.2 Å². The van der Waals surface area contributed by atoms with Crippen LogP contribution in [-0.2, 0) is 0 Å². The van der Waals surface area contributed by atoms with E-state index in [9.17, 15) is 0 Å². The Morgan fingerprint density at radius 2 is 2.11 bits per heavy atom. The van der Waals surface area contributed by atoms with Crippen LogP contribution in [0.1, 0.15) is 19.8 Å². The number of rotatable bonds is 4. The first-order valence-electron chi connectivity index (χ1n) is 5.97. The molecule has 100 valence electrons. The van der Waals surface area contributed by atoms with Gasteiger partial charge in [-0.1, -0.05) is 13.3 Å². The molecule has 0 heterocycles. The molecule has 0 aromatic heterocycles. The van der Waals surface area contributed by atoms with Gasteiger partial charge in [0.15, 0.2) is 5.96 Å². The summed E-state index contributed by atoms with van der Waals surface area (Å²) in [5.74, 6) is 2.06. The molecule has 0 radical (unpaired) electrons. The molecule has 5 heteroatoms. The Morgan fingerprint density at radius 1 is 1.44 bits per heavy atom. The number of hydrogen-bond acceptors (Lipinski definition) is 2. The molecule has 0 unspecified atom stereocenters. The lowest BCUT2D eigenvalue weighted by atomic mass is 10.3. The number of nitrogens with one attached hydrogen (secondary N) is 1. The summed E-state index contributed by atoms with van der Waals surface area (Å²) in [6.45, 7) is 2.19. The summed E-state index contributed by atoms with van der Waals surface area (Å²) in [4.78, 5) is 4.43. The van der Waals surface area contributed by atoms with E-state index in [1.807, 2.05) is 24.3 Å². The monoisotopic (exact) mass is 361 g/mol. The van der Waals surface area contributed by atoms with Gasteiger partial charge in [0.25, 0.3) is 0 Å². The van der Waals surface area contributed by atoms with E-state index in [4.69, 9.17) is 10.5 Å². The Kier molecular flexibility index (Phi) is 5.71. The molecule has 18 heavy (non-hydrogen) atoms. The summed E-state index contributed by atoms with van der Waals surface area (Å²) in [7, 11) is 1.65. The first kappa shape index (κ1) is 15.1. The van der Waals surface area contributed by atoms with Crippen molar-refractivity contribution >= 4 is 35.6 Å². The molecular formula is C13H20IN3O. The van der Waals surface area contributed by atoms with Gasteiger partial charge < -0.3 is 15.8 Å². The predicted octanol–water partition coefficient (Wildman–Crippen LogP) is 2.84. The molecule has 0 spiro atoms. The molecule has 0 saturated heterocycles. The number of aliphatic imine (C=N–C) groups is 1. The summed E-state index contributed by atoms with van der Waals surface area (Å²) in [5, 5.41) is 3.08. The molecule has 4 nitrogen and oxygen atoms in total. The maximum Gasteiger partial charge on any atom is 0.193 e. The summed E-state index contributed by atoms with van der Waals surface area (Å²) < 4.78 is 5.09. The van der Waals surface area contributed by atoms with Crippen LogP contribution in [0.3, 0.4) is 0 Å². The van der Waals surface area contributed by atoms with Gasteiger partial charge in [0.1, 0.15) is 5.75 Å². The average Bonchev–Trinajstić information content (AvgIpc) is 3.08. The van der Waals surface area contributed by atoms with Gasteiger partial charge in [-0.15, -0.1) is 24.0 Å². The first-order chi connectivity index (χ1) is 8.22. The number of nitrogens with two attached hydrogens (primary N) is 1. The lowest BCUT2D eigenvalue weighted by Crippen LogP contribution is -2.23. The molecule has 1 aromatic rings. The number of anilines is 1. The lowest BCUT2D eigenvalue weighted by molar-refractivity contribution is 0.415. The minimum Gasteiger partial charge on any atom is -0.497 e. The number of halogens is 1. The number of nitrogens with zero attached hydrogens (tertiary/aromatic N) is 1. The molecule has 1 aliphatic rings. The van der Waals surface area contributed by atoms with Crippen molar-refractivity contribution in [3.05, 3.63) is 24.3 Å². The SMILES string of the molecule is CC[C@@H]1C[C@H]1N=C(N)Nc1ccc(OC)cc1.I. The highest BCUT2D eigenvalue weighted by molar-refractivity contribution is 14.0. The van der Waals surface area contributed by atoms with Crippen molar-refractivity contribution in [2.24, 2.45) is 16.6 Å². The molecule has 1 fully saturated rings. The zero-order valence-corrected chi connectivity index (χ0v) is 13.0. The van der Waals surface area contributed by atoms with Gasteiger partial charge in [0.2, 0.25) is 0 Å². The molecule has 2 rings (SSSR count). The van der Waals surface area contributed by atoms with Crippen molar-refractivity contribution in [1.82, 2.24) is 0 Å². The van der Waals surface area contributed by atoms with Crippen LogP contribution >= 0.6 is 24.0 Å². The van der Waals surface area contributed by atoms with Crippen molar-refractivity contribution < 1.29 is 4.74 Å². The van der Waals surface area contributed by atoms with Crippen LogP contribution in [0.2, 0.25) is 0 Å². The van der Waals surface area contributed by atoms with Gasteiger partial charge >= 0.3 is 0 Å². The molecule has 0 bridgehead atoms. The molecule has 1 saturated carbocycles. The van der Waals surface area contributed by atoms with E-state index in [0.717, 1.165) is 17.4 Å². The van der Waals surface area contributed by atoms with E-state index < -0.39 is 0 Å². The standard InChI is InChI=1S/C13H19N3O.HI/c1-3-9-8-12(9)16-13(14)15-10-4-6-11(17-2)7-5-10;/h4-7,9,12H,3,8H2,1-2H3,(H3,14,15,16);1H/t9-,12-;/m1./s1. The minimum absolute atomic E-state index is 0. The fraction of sp³-hybridized carbons (Fsp3) is 0.462. The topological polar surface area (TPSA) is 59.6 Å². The molecule has 0 aliphatic heterocycles. The highest BCUT2D eigenvalue weighted by Crippen LogP contribution is 2.36. The Bertz CT molecular complexity index is 405. The van der Waals surface area contributed by atoms with Gasteiger partial charge in [0, 0.05) is 5.69 Å². The van der Waals surface area contributed by atoms with Crippen molar-refractivity contribution in [1.29, 1.82) is 0 Å². The number of benzene rings is 1. The second-order valence-corrected chi connectivity index (χ2v) is 4.34. The van der Waals surface area contributed by atoms with Crippen molar-refractivity contribution in [2.75, 3.05) is 12.4 Å². The van der Waals surface area contributed by atoms with Crippen LogP contribution in [0.25, 0.3) is 0 Å². The van der Waals surface area contributed by atoms with Gasteiger partial charge in [-0.25, -0.2) is 4.99 Å². The smallest absolute Gasteiger partial charge is 0.193 e. The van der Waals surface area contributed by atoms with Crippen LogP contribution in [0.15, 0.2) is 29.3 Å². The van der Waals surface area contributed by atoms with Gasteiger partial charge in [-0.05, 0) is 36.6 Å². The summed E-state index contributed by atoms with van der Waals surface area (Å²) >= 11 is 0. The summed E-state index contributed by atoms with van der Waals surface area (Å²) in [5.41, 5.74) is 6.77. The maximum atomic E-state index is 5.84. The molecule has 3 N–H and O–H groups in total. The third-order valence-corrected chi connectivity index (χ3v) is 3.08. The van der Waals surface area contributed by atoms with Crippen LogP contribution in [-0.4, -0.2) is 19.1 Å². The third-order valence-electron chi connectivity index (χ3n) is 3.08. The first-order valence-corrected chi connectivity index (χ1v) is 5.97.